The molecule has 0 saturated carbocycles. The third-order valence-corrected chi connectivity index (χ3v) is 3.94. The summed E-state index contributed by atoms with van der Waals surface area (Å²) < 4.78 is 0.932. The fourth-order valence-corrected chi connectivity index (χ4v) is 2.55. The molecular weight excluding hydrogens is 342 g/mol. The zero-order valence-electron chi connectivity index (χ0n) is 11.9. The second kappa shape index (κ2) is 6.15. The van der Waals surface area contributed by atoms with E-state index in [9.17, 15) is 4.79 Å². The van der Waals surface area contributed by atoms with Gasteiger partial charge in [0.25, 0.3) is 5.91 Å². The molecule has 1 amide bonds. The molecule has 0 unspecified atom stereocenters. The molecule has 3 aromatic rings. The van der Waals surface area contributed by atoms with E-state index in [1.54, 1.807) is 18.3 Å². The highest BCUT2D eigenvalue weighted by Crippen LogP contribution is 2.19. The van der Waals surface area contributed by atoms with Gasteiger partial charge in [0.1, 0.15) is 0 Å². The molecule has 3 rings (SSSR count). The van der Waals surface area contributed by atoms with Gasteiger partial charge in [0.2, 0.25) is 0 Å². The van der Waals surface area contributed by atoms with Crippen LogP contribution >= 0.6 is 15.9 Å². The second-order valence-electron chi connectivity index (χ2n) is 4.92. The molecule has 2 N–H and O–H groups in total. The van der Waals surface area contributed by atoms with Crippen molar-refractivity contribution in [2.75, 3.05) is 0 Å². The highest BCUT2D eigenvalue weighted by atomic mass is 79.9. The summed E-state index contributed by atoms with van der Waals surface area (Å²) in [6, 6.07) is 15.1. The molecule has 0 spiro atoms. The van der Waals surface area contributed by atoms with Crippen molar-refractivity contribution in [1.29, 1.82) is 0 Å². The van der Waals surface area contributed by atoms with Crippen molar-refractivity contribution in [3.05, 3.63) is 69.8 Å². The minimum absolute atomic E-state index is 0.235. The summed E-state index contributed by atoms with van der Waals surface area (Å²) in [5.41, 5.74) is 6.17. The number of aryl methyl sites for hydroxylation is 1. The summed E-state index contributed by atoms with van der Waals surface area (Å²) in [6.07, 6.45) is 1.67. The number of aromatic amines is 1. The molecule has 2 aromatic carbocycles. The van der Waals surface area contributed by atoms with Gasteiger partial charge >= 0.3 is 0 Å². The molecule has 0 radical (unpaired) electrons. The van der Waals surface area contributed by atoms with Crippen LogP contribution < -0.4 is 5.43 Å². The minimum atomic E-state index is -0.235. The summed E-state index contributed by atoms with van der Waals surface area (Å²) in [7, 11) is 0. The quantitative estimate of drug-likeness (QED) is 0.541. The number of carbonyl (C=O) groups is 1. The van der Waals surface area contributed by atoms with Crippen molar-refractivity contribution >= 4 is 39.0 Å². The van der Waals surface area contributed by atoms with Crippen LogP contribution in [0.2, 0.25) is 0 Å². The Morgan fingerprint density at radius 2 is 1.91 bits per heavy atom. The molecule has 1 heterocycles. The van der Waals surface area contributed by atoms with E-state index >= 15 is 0 Å². The Labute approximate surface area is 136 Å². The van der Waals surface area contributed by atoms with Gasteiger partial charge in [0.15, 0.2) is 0 Å². The summed E-state index contributed by atoms with van der Waals surface area (Å²) in [6.45, 7) is 1.98. The summed E-state index contributed by atoms with van der Waals surface area (Å²) >= 11 is 3.34. The van der Waals surface area contributed by atoms with Crippen molar-refractivity contribution in [2.45, 2.75) is 6.92 Å². The first-order valence-electron chi connectivity index (χ1n) is 6.81. The maximum absolute atomic E-state index is 12.0. The Hall–Kier alpha value is -2.40. The molecule has 0 atom stereocenters. The van der Waals surface area contributed by atoms with Crippen LogP contribution in [0.25, 0.3) is 10.9 Å². The standard InChI is InChI=1S/C17H14BrN3O/c1-11-15(14-4-2-3-5-16(14)20-11)10-19-21-17(22)12-6-8-13(18)9-7-12/h2-10,20H,1H3,(H,21,22)/b19-10-. The smallest absolute Gasteiger partial charge is 0.271 e. The number of aromatic nitrogens is 1. The van der Waals surface area contributed by atoms with E-state index in [0.29, 0.717) is 5.56 Å². The van der Waals surface area contributed by atoms with Crippen molar-refractivity contribution in [3.8, 4) is 0 Å². The number of hydrogen-bond acceptors (Lipinski definition) is 2. The van der Waals surface area contributed by atoms with Gasteiger partial charge in [-0.2, -0.15) is 5.10 Å². The molecule has 0 aliphatic heterocycles. The summed E-state index contributed by atoms with van der Waals surface area (Å²) in [5.74, 6) is -0.235. The zero-order valence-corrected chi connectivity index (χ0v) is 13.5. The number of fused-ring (bicyclic) bond motifs is 1. The first kappa shape index (κ1) is 14.5. The van der Waals surface area contributed by atoms with Crippen LogP contribution in [0.4, 0.5) is 0 Å². The van der Waals surface area contributed by atoms with Gasteiger partial charge in [-0.25, -0.2) is 5.43 Å². The third kappa shape index (κ3) is 2.94. The van der Waals surface area contributed by atoms with E-state index in [1.807, 2.05) is 43.3 Å². The number of halogens is 1. The molecule has 0 aliphatic rings. The Morgan fingerprint density at radius 1 is 1.18 bits per heavy atom. The van der Waals surface area contributed by atoms with Crippen LogP contribution in [0.3, 0.4) is 0 Å². The van der Waals surface area contributed by atoms with E-state index in [4.69, 9.17) is 0 Å². The van der Waals surface area contributed by atoms with Gasteiger partial charge in [-0.15, -0.1) is 0 Å². The number of nitrogens with zero attached hydrogens (tertiary/aromatic N) is 1. The van der Waals surface area contributed by atoms with Crippen molar-refractivity contribution in [2.24, 2.45) is 5.10 Å². The molecule has 5 heteroatoms. The fraction of sp³-hybridized carbons (Fsp3) is 0.0588. The Kier molecular flexibility index (Phi) is 4.06. The first-order chi connectivity index (χ1) is 10.6. The van der Waals surface area contributed by atoms with E-state index < -0.39 is 0 Å². The number of hydrogen-bond donors (Lipinski definition) is 2. The number of amides is 1. The van der Waals surface area contributed by atoms with E-state index in [-0.39, 0.29) is 5.91 Å². The van der Waals surface area contributed by atoms with Gasteiger partial charge in [0, 0.05) is 32.2 Å². The average Bonchev–Trinajstić information content (AvgIpc) is 2.84. The fourth-order valence-electron chi connectivity index (χ4n) is 2.29. The number of carbonyl (C=O) groups excluding carboxylic acids is 1. The lowest BCUT2D eigenvalue weighted by molar-refractivity contribution is 0.0955. The molecule has 0 saturated heterocycles. The average molecular weight is 356 g/mol. The molecule has 110 valence electrons. The van der Waals surface area contributed by atoms with E-state index in [0.717, 1.165) is 26.6 Å². The third-order valence-electron chi connectivity index (χ3n) is 3.41. The molecule has 0 bridgehead atoms. The lowest BCUT2D eigenvalue weighted by atomic mass is 10.1. The van der Waals surface area contributed by atoms with Crippen LogP contribution in [-0.2, 0) is 0 Å². The number of nitrogens with one attached hydrogen (secondary N) is 2. The molecule has 0 aliphatic carbocycles. The number of hydrazone groups is 1. The largest absolute Gasteiger partial charge is 0.358 e. The molecule has 1 aromatic heterocycles. The Morgan fingerprint density at radius 3 is 2.68 bits per heavy atom. The number of benzene rings is 2. The zero-order chi connectivity index (χ0) is 15.5. The van der Waals surface area contributed by atoms with Crippen molar-refractivity contribution < 1.29 is 4.79 Å². The molecule has 0 fully saturated rings. The van der Waals surface area contributed by atoms with Gasteiger partial charge in [-0.3, -0.25) is 4.79 Å². The van der Waals surface area contributed by atoms with Crippen LogP contribution in [0.15, 0.2) is 58.1 Å². The normalized spacial score (nSPS) is 11.2. The van der Waals surface area contributed by atoms with Crippen LogP contribution in [0, 0.1) is 6.92 Å². The number of H-pyrrole nitrogens is 1. The van der Waals surface area contributed by atoms with Gasteiger partial charge < -0.3 is 4.98 Å². The summed E-state index contributed by atoms with van der Waals surface area (Å²) in [5, 5.41) is 5.15. The molecule has 4 nitrogen and oxygen atoms in total. The Balaban J connectivity index is 1.77. The molecular formula is C17H14BrN3O. The Bertz CT molecular complexity index is 850. The second-order valence-corrected chi connectivity index (χ2v) is 5.83. The number of para-hydroxylation sites is 1. The molecule has 22 heavy (non-hydrogen) atoms. The minimum Gasteiger partial charge on any atom is -0.358 e. The van der Waals surface area contributed by atoms with Crippen LogP contribution in [-0.4, -0.2) is 17.1 Å². The highest BCUT2D eigenvalue weighted by molar-refractivity contribution is 9.10. The van der Waals surface area contributed by atoms with Crippen LogP contribution in [0.1, 0.15) is 21.6 Å². The lowest BCUT2D eigenvalue weighted by Crippen LogP contribution is -2.17. The van der Waals surface area contributed by atoms with E-state index in [1.165, 1.54) is 0 Å². The first-order valence-corrected chi connectivity index (χ1v) is 7.61. The van der Waals surface area contributed by atoms with E-state index in [2.05, 4.69) is 31.4 Å². The monoisotopic (exact) mass is 355 g/mol. The van der Waals surface area contributed by atoms with Gasteiger partial charge in [-0.1, -0.05) is 34.1 Å². The highest BCUT2D eigenvalue weighted by Gasteiger charge is 2.06. The lowest BCUT2D eigenvalue weighted by Gasteiger charge is -2.00. The van der Waals surface area contributed by atoms with Gasteiger partial charge in [-0.05, 0) is 37.3 Å². The van der Waals surface area contributed by atoms with Crippen LogP contribution in [0.5, 0.6) is 0 Å². The topological polar surface area (TPSA) is 57.2 Å². The summed E-state index contributed by atoms with van der Waals surface area (Å²) in [4.78, 5) is 15.3. The predicted octanol–water partition coefficient (Wildman–Crippen LogP) is 4.00. The predicted molar refractivity (Wildman–Crippen MR) is 92.2 cm³/mol. The maximum atomic E-state index is 12.0. The number of rotatable bonds is 3. The SMILES string of the molecule is Cc1[nH]c2ccccc2c1/C=N\NC(=O)c1ccc(Br)cc1. The van der Waals surface area contributed by atoms with Gasteiger partial charge in [0.05, 0.1) is 6.21 Å². The van der Waals surface area contributed by atoms with Crippen molar-refractivity contribution in [3.63, 3.8) is 0 Å². The van der Waals surface area contributed by atoms with Crippen molar-refractivity contribution in [1.82, 2.24) is 10.4 Å². The maximum Gasteiger partial charge on any atom is 0.271 e.